The SMILES string of the molecule is Cl.Cl.O=C(CNCC1CC1)N1CCN(CC2CCCCC2)CC1. The van der Waals surface area contributed by atoms with Crippen molar-refractivity contribution in [2.75, 3.05) is 45.8 Å². The summed E-state index contributed by atoms with van der Waals surface area (Å²) in [7, 11) is 0. The maximum Gasteiger partial charge on any atom is 0.236 e. The fourth-order valence-corrected chi connectivity index (χ4v) is 3.73. The van der Waals surface area contributed by atoms with E-state index >= 15 is 0 Å². The molecule has 0 radical (unpaired) electrons. The highest BCUT2D eigenvalue weighted by Gasteiger charge is 2.24. The Kier molecular flexibility index (Phi) is 9.83. The number of carbonyl (C=O) groups is 1. The van der Waals surface area contributed by atoms with Crippen molar-refractivity contribution in [1.29, 1.82) is 0 Å². The third-order valence-corrected chi connectivity index (χ3v) is 5.37. The highest BCUT2D eigenvalue weighted by molar-refractivity contribution is 5.85. The maximum atomic E-state index is 12.1. The van der Waals surface area contributed by atoms with Crippen LogP contribution in [0.3, 0.4) is 0 Å². The van der Waals surface area contributed by atoms with Crippen molar-refractivity contribution in [2.24, 2.45) is 11.8 Å². The number of halogens is 2. The van der Waals surface area contributed by atoms with Crippen LogP contribution in [0.25, 0.3) is 0 Å². The molecule has 0 bridgehead atoms. The molecule has 136 valence electrons. The van der Waals surface area contributed by atoms with Gasteiger partial charge in [0, 0.05) is 32.7 Å². The number of nitrogens with one attached hydrogen (secondary N) is 1. The Labute approximate surface area is 153 Å². The van der Waals surface area contributed by atoms with E-state index < -0.39 is 0 Å². The standard InChI is InChI=1S/C17H31N3O.2ClH/c21-17(13-18-12-15-6-7-15)20-10-8-19(9-11-20)14-16-4-2-1-3-5-16;;/h15-16,18H,1-14H2;2*1H. The van der Waals surface area contributed by atoms with Crippen LogP contribution in [-0.4, -0.2) is 61.5 Å². The summed E-state index contributed by atoms with van der Waals surface area (Å²) in [5.41, 5.74) is 0. The number of piperazine rings is 1. The fraction of sp³-hybridized carbons (Fsp3) is 0.941. The summed E-state index contributed by atoms with van der Waals surface area (Å²) in [4.78, 5) is 16.8. The molecule has 0 spiro atoms. The maximum absolute atomic E-state index is 12.1. The third-order valence-electron chi connectivity index (χ3n) is 5.37. The Morgan fingerprint density at radius 1 is 0.870 bits per heavy atom. The Hall–Kier alpha value is -0.0300. The first kappa shape index (κ1) is 21.0. The van der Waals surface area contributed by atoms with Gasteiger partial charge in [-0.1, -0.05) is 19.3 Å². The second-order valence-electron chi connectivity index (χ2n) is 7.26. The first-order valence-corrected chi connectivity index (χ1v) is 9.02. The Balaban J connectivity index is 0.00000132. The molecule has 1 N–H and O–H groups in total. The first-order valence-electron chi connectivity index (χ1n) is 9.02. The molecule has 1 saturated heterocycles. The zero-order valence-electron chi connectivity index (χ0n) is 14.2. The molecular weight excluding hydrogens is 333 g/mol. The van der Waals surface area contributed by atoms with Gasteiger partial charge >= 0.3 is 0 Å². The quantitative estimate of drug-likeness (QED) is 0.785. The summed E-state index contributed by atoms with van der Waals surface area (Å²) < 4.78 is 0. The molecule has 3 aliphatic rings. The second-order valence-corrected chi connectivity index (χ2v) is 7.26. The highest BCUT2D eigenvalue weighted by Crippen LogP contribution is 2.27. The van der Waals surface area contributed by atoms with Crippen molar-refractivity contribution >= 4 is 30.7 Å². The molecule has 3 fully saturated rings. The van der Waals surface area contributed by atoms with E-state index in [0.29, 0.717) is 12.5 Å². The van der Waals surface area contributed by atoms with Gasteiger partial charge in [-0.05, 0) is 44.1 Å². The van der Waals surface area contributed by atoms with E-state index in [0.717, 1.165) is 44.6 Å². The molecule has 23 heavy (non-hydrogen) atoms. The number of hydrogen-bond acceptors (Lipinski definition) is 3. The summed E-state index contributed by atoms with van der Waals surface area (Å²) in [6, 6.07) is 0. The van der Waals surface area contributed by atoms with E-state index in [1.807, 2.05) is 0 Å². The van der Waals surface area contributed by atoms with Gasteiger partial charge in [0.25, 0.3) is 0 Å². The topological polar surface area (TPSA) is 35.6 Å². The van der Waals surface area contributed by atoms with Gasteiger partial charge in [-0.3, -0.25) is 9.69 Å². The average molecular weight is 366 g/mol. The van der Waals surface area contributed by atoms with Gasteiger partial charge in [0.15, 0.2) is 0 Å². The zero-order valence-corrected chi connectivity index (χ0v) is 15.8. The van der Waals surface area contributed by atoms with E-state index in [-0.39, 0.29) is 24.8 Å². The molecule has 0 aromatic rings. The number of rotatable bonds is 6. The number of carbonyl (C=O) groups excluding carboxylic acids is 1. The molecule has 2 aliphatic carbocycles. The van der Waals surface area contributed by atoms with Gasteiger partial charge in [-0.15, -0.1) is 24.8 Å². The molecule has 6 heteroatoms. The first-order chi connectivity index (χ1) is 10.3. The van der Waals surface area contributed by atoms with Crippen LogP contribution in [0.2, 0.25) is 0 Å². The highest BCUT2D eigenvalue weighted by atomic mass is 35.5. The van der Waals surface area contributed by atoms with Crippen LogP contribution < -0.4 is 5.32 Å². The average Bonchev–Trinajstić information content (AvgIpc) is 3.33. The van der Waals surface area contributed by atoms with Gasteiger partial charge in [0.1, 0.15) is 0 Å². The molecule has 3 rings (SSSR count). The minimum atomic E-state index is 0. The van der Waals surface area contributed by atoms with Crippen molar-refractivity contribution in [3.63, 3.8) is 0 Å². The lowest BCUT2D eigenvalue weighted by Crippen LogP contribution is -2.51. The molecule has 1 heterocycles. The van der Waals surface area contributed by atoms with Crippen molar-refractivity contribution < 1.29 is 4.79 Å². The van der Waals surface area contributed by atoms with E-state index in [9.17, 15) is 4.79 Å². The predicted molar refractivity (Wildman–Crippen MR) is 99.7 cm³/mol. The van der Waals surface area contributed by atoms with Crippen LogP contribution in [-0.2, 0) is 4.79 Å². The van der Waals surface area contributed by atoms with Crippen LogP contribution in [0.1, 0.15) is 44.9 Å². The lowest BCUT2D eigenvalue weighted by Gasteiger charge is -2.37. The van der Waals surface area contributed by atoms with E-state index in [1.54, 1.807) is 0 Å². The van der Waals surface area contributed by atoms with Crippen molar-refractivity contribution in [3.8, 4) is 0 Å². The van der Waals surface area contributed by atoms with Gasteiger partial charge in [0.05, 0.1) is 6.54 Å². The smallest absolute Gasteiger partial charge is 0.236 e. The lowest BCUT2D eigenvalue weighted by atomic mass is 9.89. The molecule has 1 aliphatic heterocycles. The summed E-state index contributed by atoms with van der Waals surface area (Å²) in [6.45, 7) is 6.84. The number of nitrogens with zero attached hydrogens (tertiary/aromatic N) is 2. The molecule has 4 nitrogen and oxygen atoms in total. The Morgan fingerprint density at radius 2 is 1.52 bits per heavy atom. The van der Waals surface area contributed by atoms with Crippen molar-refractivity contribution in [3.05, 3.63) is 0 Å². The fourth-order valence-electron chi connectivity index (χ4n) is 3.73. The van der Waals surface area contributed by atoms with E-state index in [2.05, 4.69) is 15.1 Å². The zero-order chi connectivity index (χ0) is 14.5. The van der Waals surface area contributed by atoms with Crippen LogP contribution >= 0.6 is 24.8 Å². The molecule has 0 aromatic carbocycles. The van der Waals surface area contributed by atoms with E-state index in [1.165, 1.54) is 51.5 Å². The largest absolute Gasteiger partial charge is 0.339 e. The van der Waals surface area contributed by atoms with Crippen LogP contribution in [0, 0.1) is 11.8 Å². The molecule has 2 saturated carbocycles. The lowest BCUT2D eigenvalue weighted by molar-refractivity contribution is -0.132. The summed E-state index contributed by atoms with van der Waals surface area (Å²) in [5.74, 6) is 2.07. The van der Waals surface area contributed by atoms with Crippen molar-refractivity contribution in [1.82, 2.24) is 15.1 Å². The monoisotopic (exact) mass is 365 g/mol. The van der Waals surface area contributed by atoms with Crippen LogP contribution in [0.5, 0.6) is 0 Å². The van der Waals surface area contributed by atoms with Gasteiger partial charge < -0.3 is 10.2 Å². The van der Waals surface area contributed by atoms with Gasteiger partial charge in [0.2, 0.25) is 5.91 Å². The number of hydrogen-bond donors (Lipinski definition) is 1. The molecule has 1 amide bonds. The minimum absolute atomic E-state index is 0. The van der Waals surface area contributed by atoms with Crippen molar-refractivity contribution in [2.45, 2.75) is 44.9 Å². The van der Waals surface area contributed by atoms with Crippen LogP contribution in [0.4, 0.5) is 0 Å². The molecule has 0 atom stereocenters. The van der Waals surface area contributed by atoms with E-state index in [4.69, 9.17) is 0 Å². The summed E-state index contributed by atoms with van der Waals surface area (Å²) in [6.07, 6.45) is 9.83. The second kappa shape index (κ2) is 10.8. The minimum Gasteiger partial charge on any atom is -0.339 e. The molecule has 0 unspecified atom stereocenters. The molecular formula is C17H33Cl2N3O. The Bertz CT molecular complexity index is 339. The molecule has 0 aromatic heterocycles. The van der Waals surface area contributed by atoms with Crippen LogP contribution in [0.15, 0.2) is 0 Å². The Morgan fingerprint density at radius 3 is 2.13 bits per heavy atom. The number of amides is 1. The third kappa shape index (κ3) is 7.16. The summed E-state index contributed by atoms with van der Waals surface area (Å²) >= 11 is 0. The van der Waals surface area contributed by atoms with Gasteiger partial charge in [-0.2, -0.15) is 0 Å². The van der Waals surface area contributed by atoms with Gasteiger partial charge in [-0.25, -0.2) is 0 Å². The predicted octanol–water partition coefficient (Wildman–Crippen LogP) is 2.55. The summed E-state index contributed by atoms with van der Waals surface area (Å²) in [5, 5.41) is 3.32. The normalized spacial score (nSPS) is 23.0.